The van der Waals surface area contributed by atoms with Crippen LogP contribution in [0.5, 0.6) is 0 Å². The Bertz CT molecular complexity index is 1040. The minimum Gasteiger partial charge on any atom is -0.358 e. The largest absolute Gasteiger partial charge is 0.358 e. The summed E-state index contributed by atoms with van der Waals surface area (Å²) < 4.78 is 25.4. The number of aryl methyl sites for hydroxylation is 1. The molecule has 3 rings (SSSR count). The van der Waals surface area contributed by atoms with Gasteiger partial charge in [0.05, 0.1) is 10.6 Å². The lowest BCUT2D eigenvalue weighted by Gasteiger charge is -2.09. The molecule has 0 aliphatic rings. The molecule has 3 N–H and O–H groups in total. The summed E-state index contributed by atoms with van der Waals surface area (Å²) in [4.78, 5) is 15.3. The van der Waals surface area contributed by atoms with Crippen molar-refractivity contribution in [3.8, 4) is 0 Å². The molecule has 0 bridgehead atoms. The van der Waals surface area contributed by atoms with Gasteiger partial charge in [0.25, 0.3) is 0 Å². The van der Waals surface area contributed by atoms with Gasteiger partial charge < -0.3 is 15.6 Å². The highest BCUT2D eigenvalue weighted by atomic mass is 35.5. The molecule has 0 radical (unpaired) electrons. The van der Waals surface area contributed by atoms with E-state index in [1.54, 1.807) is 43.3 Å². The van der Waals surface area contributed by atoms with Gasteiger partial charge in [-0.05, 0) is 37.3 Å². The Labute approximate surface area is 156 Å². The summed E-state index contributed by atoms with van der Waals surface area (Å²) in [5.41, 5.74) is 1.94. The number of H-pyrrole nitrogens is 1. The number of hydrogen-bond donors (Lipinski definition) is 3. The number of hydrogen-bond acceptors (Lipinski definition) is 3. The summed E-state index contributed by atoms with van der Waals surface area (Å²) in [5.74, 6) is -0.191. The molecule has 26 heavy (non-hydrogen) atoms. The van der Waals surface area contributed by atoms with Crippen LogP contribution in [-0.2, 0) is 9.84 Å². The number of fused-ring (bicyclic) bond motifs is 1. The van der Waals surface area contributed by atoms with Crippen molar-refractivity contribution in [3.05, 3.63) is 59.2 Å². The number of aromatic amines is 1. The van der Waals surface area contributed by atoms with Crippen molar-refractivity contribution in [1.82, 2.24) is 10.3 Å². The molecule has 0 saturated carbocycles. The Morgan fingerprint density at radius 2 is 1.81 bits per heavy atom. The monoisotopic (exact) mass is 391 g/mol. The Hall–Kier alpha value is -2.51. The molecule has 0 unspecified atom stereocenters. The number of rotatable bonds is 5. The first-order valence-electron chi connectivity index (χ1n) is 7.97. The van der Waals surface area contributed by atoms with Crippen LogP contribution in [0.15, 0.2) is 53.4 Å². The van der Waals surface area contributed by atoms with Crippen molar-refractivity contribution in [2.75, 3.05) is 17.6 Å². The zero-order valence-corrected chi connectivity index (χ0v) is 15.6. The molecule has 1 aromatic heterocycles. The lowest BCUT2D eigenvalue weighted by atomic mass is 10.2. The summed E-state index contributed by atoms with van der Waals surface area (Å²) in [5, 5.41) is 6.41. The van der Waals surface area contributed by atoms with E-state index in [0.29, 0.717) is 21.8 Å². The first-order valence-corrected chi connectivity index (χ1v) is 10.0. The van der Waals surface area contributed by atoms with Crippen LogP contribution in [0.3, 0.4) is 0 Å². The SMILES string of the molecule is Cc1[nH]c2ccccc2c1S(=O)(=O)CCNC(=O)Nc1ccc(Cl)cc1. The Morgan fingerprint density at radius 3 is 2.54 bits per heavy atom. The summed E-state index contributed by atoms with van der Waals surface area (Å²) >= 11 is 5.79. The van der Waals surface area contributed by atoms with Crippen LogP contribution >= 0.6 is 11.6 Å². The quantitative estimate of drug-likeness (QED) is 0.619. The van der Waals surface area contributed by atoms with Crippen LogP contribution < -0.4 is 10.6 Å². The number of nitrogens with one attached hydrogen (secondary N) is 3. The molecule has 0 aliphatic heterocycles. The van der Waals surface area contributed by atoms with Crippen LogP contribution in [0.4, 0.5) is 10.5 Å². The van der Waals surface area contributed by atoms with E-state index >= 15 is 0 Å². The number of urea groups is 1. The Kier molecular flexibility index (Phi) is 5.20. The van der Waals surface area contributed by atoms with E-state index in [4.69, 9.17) is 11.6 Å². The van der Waals surface area contributed by atoms with Crippen LogP contribution in [0, 0.1) is 6.92 Å². The number of anilines is 1. The molecule has 136 valence electrons. The molecule has 3 aromatic rings. The van der Waals surface area contributed by atoms with Gasteiger partial charge in [-0.15, -0.1) is 0 Å². The third-order valence-corrected chi connectivity index (χ3v) is 6.05. The highest BCUT2D eigenvalue weighted by molar-refractivity contribution is 7.91. The third-order valence-electron chi connectivity index (χ3n) is 3.90. The lowest BCUT2D eigenvalue weighted by molar-refractivity contribution is 0.252. The zero-order valence-electron chi connectivity index (χ0n) is 14.0. The zero-order chi connectivity index (χ0) is 18.7. The van der Waals surface area contributed by atoms with E-state index in [2.05, 4.69) is 15.6 Å². The maximum atomic E-state index is 12.7. The van der Waals surface area contributed by atoms with E-state index in [0.717, 1.165) is 5.52 Å². The van der Waals surface area contributed by atoms with E-state index < -0.39 is 15.9 Å². The molecule has 0 atom stereocenters. The molecule has 2 amide bonds. The van der Waals surface area contributed by atoms with E-state index in [9.17, 15) is 13.2 Å². The fourth-order valence-corrected chi connectivity index (χ4v) is 4.49. The van der Waals surface area contributed by atoms with Crippen molar-refractivity contribution in [1.29, 1.82) is 0 Å². The highest BCUT2D eigenvalue weighted by Gasteiger charge is 2.22. The molecule has 0 aliphatic carbocycles. The molecular formula is C18H18ClN3O3S. The van der Waals surface area contributed by atoms with Crippen molar-refractivity contribution < 1.29 is 13.2 Å². The van der Waals surface area contributed by atoms with E-state index in [-0.39, 0.29) is 17.2 Å². The fourth-order valence-electron chi connectivity index (χ4n) is 2.76. The molecule has 2 aromatic carbocycles. The first kappa shape index (κ1) is 18.3. The summed E-state index contributed by atoms with van der Waals surface area (Å²) in [6, 6.07) is 13.4. The number of sulfone groups is 1. The summed E-state index contributed by atoms with van der Waals surface area (Å²) in [6.45, 7) is 1.73. The van der Waals surface area contributed by atoms with Gasteiger partial charge in [0, 0.05) is 33.9 Å². The molecular weight excluding hydrogens is 374 g/mol. The van der Waals surface area contributed by atoms with Gasteiger partial charge in [0.2, 0.25) is 0 Å². The smallest absolute Gasteiger partial charge is 0.319 e. The number of benzene rings is 2. The average molecular weight is 392 g/mol. The average Bonchev–Trinajstić information content (AvgIpc) is 2.93. The number of halogens is 1. The maximum absolute atomic E-state index is 12.7. The predicted molar refractivity (Wildman–Crippen MR) is 104 cm³/mol. The van der Waals surface area contributed by atoms with E-state index in [1.165, 1.54) is 0 Å². The molecule has 0 spiro atoms. The Morgan fingerprint density at radius 1 is 1.12 bits per heavy atom. The van der Waals surface area contributed by atoms with Crippen molar-refractivity contribution in [2.24, 2.45) is 0 Å². The van der Waals surface area contributed by atoms with Gasteiger partial charge in [-0.25, -0.2) is 13.2 Å². The minimum atomic E-state index is -3.54. The predicted octanol–water partition coefficient (Wildman–Crippen LogP) is 3.73. The van der Waals surface area contributed by atoms with Crippen molar-refractivity contribution >= 4 is 44.1 Å². The van der Waals surface area contributed by atoms with Gasteiger partial charge in [-0.2, -0.15) is 0 Å². The van der Waals surface area contributed by atoms with Crippen molar-refractivity contribution in [3.63, 3.8) is 0 Å². The number of amides is 2. The summed E-state index contributed by atoms with van der Waals surface area (Å²) in [7, 11) is -3.54. The molecule has 1 heterocycles. The lowest BCUT2D eigenvalue weighted by Crippen LogP contribution is -2.32. The molecule has 8 heteroatoms. The normalized spacial score (nSPS) is 11.5. The van der Waals surface area contributed by atoms with Gasteiger partial charge in [0.1, 0.15) is 0 Å². The fraction of sp³-hybridized carbons (Fsp3) is 0.167. The number of carbonyl (C=O) groups is 1. The van der Waals surface area contributed by atoms with Crippen LogP contribution in [0.2, 0.25) is 5.02 Å². The van der Waals surface area contributed by atoms with Gasteiger partial charge in [-0.1, -0.05) is 29.8 Å². The first-order chi connectivity index (χ1) is 12.4. The topological polar surface area (TPSA) is 91.1 Å². The number of carbonyl (C=O) groups excluding carboxylic acids is 1. The Balaban J connectivity index is 1.64. The maximum Gasteiger partial charge on any atom is 0.319 e. The van der Waals surface area contributed by atoms with Crippen LogP contribution in [-0.4, -0.2) is 31.7 Å². The van der Waals surface area contributed by atoms with Gasteiger partial charge in [0.15, 0.2) is 9.84 Å². The highest BCUT2D eigenvalue weighted by Crippen LogP contribution is 2.27. The number of para-hydroxylation sites is 1. The standard InChI is InChI=1S/C18H18ClN3O3S/c1-12-17(15-4-2-3-5-16(15)21-12)26(24,25)11-10-20-18(23)22-14-8-6-13(19)7-9-14/h2-9,21H,10-11H2,1H3,(H2,20,22,23). The van der Waals surface area contributed by atoms with Gasteiger partial charge >= 0.3 is 6.03 Å². The molecule has 6 nitrogen and oxygen atoms in total. The van der Waals surface area contributed by atoms with Gasteiger partial charge in [-0.3, -0.25) is 0 Å². The van der Waals surface area contributed by atoms with Crippen LogP contribution in [0.1, 0.15) is 5.69 Å². The number of aromatic nitrogens is 1. The second-order valence-corrected chi connectivity index (χ2v) is 8.31. The minimum absolute atomic E-state index is 0.000698. The second kappa shape index (κ2) is 7.39. The summed E-state index contributed by atoms with van der Waals surface area (Å²) in [6.07, 6.45) is 0. The van der Waals surface area contributed by atoms with E-state index in [1.807, 2.05) is 12.1 Å². The van der Waals surface area contributed by atoms with Crippen molar-refractivity contribution in [2.45, 2.75) is 11.8 Å². The third kappa shape index (κ3) is 4.00. The molecule has 0 fully saturated rings. The molecule has 0 saturated heterocycles. The van der Waals surface area contributed by atoms with Crippen LogP contribution in [0.25, 0.3) is 10.9 Å². The second-order valence-electron chi connectivity index (χ2n) is 5.83.